The van der Waals surface area contributed by atoms with Gasteiger partial charge >= 0.3 is 11.9 Å². The Bertz CT molecular complexity index is 574. The summed E-state index contributed by atoms with van der Waals surface area (Å²) < 4.78 is 0. The molecular formula is C20H30N2O6. The molecule has 28 heavy (non-hydrogen) atoms. The first-order valence-electron chi connectivity index (χ1n) is 10.4. The number of aliphatic carboxylic acids is 2. The van der Waals surface area contributed by atoms with Crippen LogP contribution in [0.1, 0.15) is 51.4 Å². The van der Waals surface area contributed by atoms with Gasteiger partial charge in [0.25, 0.3) is 0 Å². The highest BCUT2D eigenvalue weighted by molar-refractivity contribution is 5.86. The number of carboxylic acid groups (broad SMARTS) is 2. The average Bonchev–Trinajstić information content (AvgIpc) is 2.72. The van der Waals surface area contributed by atoms with Crippen molar-refractivity contribution in [3.05, 3.63) is 0 Å². The lowest BCUT2D eigenvalue weighted by Crippen LogP contribution is -2.55. The lowest BCUT2D eigenvalue weighted by Gasteiger charge is -2.40. The van der Waals surface area contributed by atoms with Crippen molar-refractivity contribution in [2.45, 2.75) is 51.4 Å². The number of carbonyl (C=O) groups excluding carboxylic acids is 2. The first kappa shape index (κ1) is 20.6. The molecule has 2 amide bonds. The maximum absolute atomic E-state index is 12.9. The first-order chi connectivity index (χ1) is 13.4. The van der Waals surface area contributed by atoms with Gasteiger partial charge in [0.2, 0.25) is 11.8 Å². The van der Waals surface area contributed by atoms with E-state index < -0.39 is 35.6 Å². The summed E-state index contributed by atoms with van der Waals surface area (Å²) in [6.45, 7) is 1.55. The standard InChI is InChI=1S/C20H30N2O6/c23-17(13-5-1-3-7-15(13)19(25)26)21-9-11-22(12-10-21)18(24)14-6-2-4-8-16(14)20(27)28/h13-16H,1-12H2,(H,25,26)(H,27,28)/t13-,14-,15+,16+/m1/s1. The molecule has 3 fully saturated rings. The fourth-order valence-electron chi connectivity index (χ4n) is 5.06. The van der Waals surface area contributed by atoms with Crippen molar-refractivity contribution >= 4 is 23.8 Å². The van der Waals surface area contributed by atoms with Crippen molar-refractivity contribution in [2.75, 3.05) is 26.2 Å². The number of carboxylic acids is 2. The van der Waals surface area contributed by atoms with Gasteiger partial charge in [-0.05, 0) is 25.7 Å². The monoisotopic (exact) mass is 394 g/mol. The minimum atomic E-state index is -0.899. The van der Waals surface area contributed by atoms with Crippen molar-refractivity contribution in [3.63, 3.8) is 0 Å². The van der Waals surface area contributed by atoms with E-state index in [2.05, 4.69) is 0 Å². The summed E-state index contributed by atoms with van der Waals surface area (Å²) in [5.74, 6) is -4.18. The van der Waals surface area contributed by atoms with Crippen LogP contribution in [0.15, 0.2) is 0 Å². The highest BCUT2D eigenvalue weighted by Gasteiger charge is 2.41. The Labute approximate surface area is 164 Å². The zero-order valence-electron chi connectivity index (χ0n) is 16.2. The van der Waals surface area contributed by atoms with Crippen LogP contribution >= 0.6 is 0 Å². The van der Waals surface area contributed by atoms with Crippen LogP contribution < -0.4 is 0 Å². The molecule has 3 rings (SSSR count). The normalized spacial score (nSPS) is 31.3. The van der Waals surface area contributed by atoms with Crippen LogP contribution in [0.3, 0.4) is 0 Å². The van der Waals surface area contributed by atoms with Gasteiger partial charge in [-0.25, -0.2) is 0 Å². The van der Waals surface area contributed by atoms with Gasteiger partial charge in [0.05, 0.1) is 23.7 Å². The molecule has 0 spiro atoms. The van der Waals surface area contributed by atoms with Gasteiger partial charge in [0.15, 0.2) is 0 Å². The Morgan fingerprint density at radius 3 is 1.11 bits per heavy atom. The van der Waals surface area contributed by atoms with Crippen molar-refractivity contribution in [2.24, 2.45) is 23.7 Å². The number of amides is 2. The van der Waals surface area contributed by atoms with Gasteiger partial charge in [0.1, 0.15) is 0 Å². The molecule has 2 aliphatic carbocycles. The van der Waals surface area contributed by atoms with Gasteiger partial charge in [0, 0.05) is 26.2 Å². The zero-order valence-corrected chi connectivity index (χ0v) is 16.2. The molecule has 0 aromatic heterocycles. The number of rotatable bonds is 4. The van der Waals surface area contributed by atoms with Crippen LogP contribution in [-0.4, -0.2) is 69.9 Å². The van der Waals surface area contributed by atoms with Gasteiger partial charge in [-0.1, -0.05) is 25.7 Å². The number of carbonyl (C=O) groups is 4. The molecule has 0 radical (unpaired) electrons. The molecule has 156 valence electrons. The summed E-state index contributed by atoms with van der Waals surface area (Å²) in [4.78, 5) is 52.1. The minimum Gasteiger partial charge on any atom is -0.481 e. The topological polar surface area (TPSA) is 115 Å². The number of piperazine rings is 1. The second-order valence-corrected chi connectivity index (χ2v) is 8.32. The van der Waals surface area contributed by atoms with Crippen LogP contribution in [0.5, 0.6) is 0 Å². The molecule has 1 heterocycles. The molecule has 0 unspecified atom stereocenters. The number of hydrogen-bond acceptors (Lipinski definition) is 4. The number of nitrogens with zero attached hydrogens (tertiary/aromatic N) is 2. The van der Waals surface area contributed by atoms with Gasteiger partial charge in [-0.15, -0.1) is 0 Å². The predicted molar refractivity (Wildman–Crippen MR) is 99.3 cm³/mol. The van der Waals surface area contributed by atoms with E-state index in [9.17, 15) is 29.4 Å². The minimum absolute atomic E-state index is 0.111. The van der Waals surface area contributed by atoms with Crippen LogP contribution in [0.2, 0.25) is 0 Å². The highest BCUT2D eigenvalue weighted by atomic mass is 16.4. The van der Waals surface area contributed by atoms with E-state index in [0.717, 1.165) is 25.7 Å². The molecule has 0 aromatic carbocycles. The Hall–Kier alpha value is -2.12. The molecular weight excluding hydrogens is 364 g/mol. The van der Waals surface area contributed by atoms with Gasteiger partial charge in [-0.2, -0.15) is 0 Å². The Kier molecular flexibility index (Phi) is 6.57. The third kappa shape index (κ3) is 4.31. The van der Waals surface area contributed by atoms with Crippen LogP contribution in [-0.2, 0) is 19.2 Å². The quantitative estimate of drug-likeness (QED) is 0.745. The molecule has 1 saturated heterocycles. The first-order valence-corrected chi connectivity index (χ1v) is 10.4. The van der Waals surface area contributed by atoms with Crippen molar-refractivity contribution in [1.29, 1.82) is 0 Å². The summed E-state index contributed by atoms with van der Waals surface area (Å²) in [5.41, 5.74) is 0. The third-order valence-corrected chi connectivity index (χ3v) is 6.70. The third-order valence-electron chi connectivity index (χ3n) is 6.70. The summed E-state index contributed by atoms with van der Waals surface area (Å²) in [7, 11) is 0. The van der Waals surface area contributed by atoms with E-state index in [1.165, 1.54) is 0 Å². The van der Waals surface area contributed by atoms with E-state index in [1.54, 1.807) is 9.80 Å². The van der Waals surface area contributed by atoms with E-state index in [4.69, 9.17) is 0 Å². The summed E-state index contributed by atoms with van der Waals surface area (Å²) in [6.07, 6.45) is 5.73. The van der Waals surface area contributed by atoms with Gasteiger partial charge < -0.3 is 20.0 Å². The maximum atomic E-state index is 12.9. The zero-order chi connectivity index (χ0) is 20.3. The second-order valence-electron chi connectivity index (χ2n) is 8.32. The summed E-state index contributed by atoms with van der Waals surface area (Å²) in [6, 6.07) is 0. The van der Waals surface area contributed by atoms with E-state index >= 15 is 0 Å². The smallest absolute Gasteiger partial charge is 0.307 e. The number of hydrogen-bond donors (Lipinski definition) is 2. The lowest BCUT2D eigenvalue weighted by atomic mass is 9.78. The lowest BCUT2D eigenvalue weighted by molar-refractivity contribution is -0.156. The molecule has 8 nitrogen and oxygen atoms in total. The van der Waals surface area contributed by atoms with E-state index in [1.807, 2.05) is 0 Å². The fourth-order valence-corrected chi connectivity index (χ4v) is 5.06. The van der Waals surface area contributed by atoms with Gasteiger partial charge in [-0.3, -0.25) is 19.2 Å². The molecule has 1 aliphatic heterocycles. The van der Waals surface area contributed by atoms with Crippen LogP contribution in [0.4, 0.5) is 0 Å². The molecule has 8 heteroatoms. The fraction of sp³-hybridized carbons (Fsp3) is 0.800. The average molecular weight is 394 g/mol. The molecule has 2 N–H and O–H groups in total. The molecule has 3 aliphatic rings. The molecule has 0 bridgehead atoms. The Balaban J connectivity index is 1.57. The largest absolute Gasteiger partial charge is 0.481 e. The SMILES string of the molecule is O=C(O)[C@H]1CCCC[C@H]1C(=O)N1CCN(C(=O)[C@@H]2CCCC[C@@H]2C(=O)O)CC1. The maximum Gasteiger partial charge on any atom is 0.307 e. The summed E-state index contributed by atoms with van der Waals surface area (Å²) in [5, 5.41) is 18.8. The molecule has 2 saturated carbocycles. The van der Waals surface area contributed by atoms with Crippen LogP contribution in [0.25, 0.3) is 0 Å². The summed E-state index contributed by atoms with van der Waals surface area (Å²) >= 11 is 0. The van der Waals surface area contributed by atoms with Crippen LogP contribution in [0, 0.1) is 23.7 Å². The molecule has 4 atom stereocenters. The van der Waals surface area contributed by atoms with Crippen molar-refractivity contribution in [3.8, 4) is 0 Å². The van der Waals surface area contributed by atoms with E-state index in [0.29, 0.717) is 51.9 Å². The highest BCUT2D eigenvalue weighted by Crippen LogP contribution is 2.33. The Morgan fingerprint density at radius 2 is 0.821 bits per heavy atom. The van der Waals surface area contributed by atoms with Crippen molar-refractivity contribution in [1.82, 2.24) is 9.80 Å². The Morgan fingerprint density at radius 1 is 0.536 bits per heavy atom. The van der Waals surface area contributed by atoms with Crippen molar-refractivity contribution < 1.29 is 29.4 Å². The van der Waals surface area contributed by atoms with E-state index in [-0.39, 0.29) is 11.8 Å². The molecule has 0 aromatic rings. The predicted octanol–water partition coefficient (Wildman–Crippen LogP) is 1.44. The second kappa shape index (κ2) is 8.92.